The molecule has 0 N–H and O–H groups in total. The largest absolute Gasteiger partial charge is 0.462 e. The van der Waals surface area contributed by atoms with E-state index < -0.39 is 0 Å². The number of hydrogen-bond donors (Lipinski definition) is 0. The molecule has 1 aliphatic heterocycles. The zero-order valence-electron chi connectivity index (χ0n) is 13.0. The van der Waals surface area contributed by atoms with Crippen LogP contribution in [0.1, 0.15) is 49.4 Å². The molecule has 22 heavy (non-hydrogen) atoms. The molecule has 4 nitrogen and oxygen atoms in total. The van der Waals surface area contributed by atoms with Crippen LogP contribution in [-0.2, 0) is 9.53 Å². The van der Waals surface area contributed by atoms with E-state index in [-0.39, 0.29) is 24.0 Å². The van der Waals surface area contributed by atoms with Gasteiger partial charge in [0.1, 0.15) is 6.10 Å². The summed E-state index contributed by atoms with van der Waals surface area (Å²) in [4.78, 5) is 26.1. The van der Waals surface area contributed by atoms with Crippen molar-refractivity contribution in [3.05, 3.63) is 35.9 Å². The number of amides is 1. The second-order valence-corrected chi connectivity index (χ2v) is 6.32. The molecular weight excluding hydrogens is 278 g/mol. The van der Waals surface area contributed by atoms with E-state index in [1.54, 1.807) is 0 Å². The molecule has 0 aromatic heterocycles. The van der Waals surface area contributed by atoms with E-state index in [4.69, 9.17) is 4.74 Å². The molecule has 0 radical (unpaired) electrons. The molecule has 2 fully saturated rings. The van der Waals surface area contributed by atoms with Gasteiger partial charge in [0.2, 0.25) is 0 Å². The molecule has 2 aliphatic rings. The standard InChI is InChI=1S/C18H23NO3/c1-13(20)22-17-11-12-19(16-10-6-5-9-15(16)17)18(21)14-7-3-2-4-8-14/h2-4,7-8,15-17H,5-6,9-12H2,1H3/t15-,16-,17+/m0/s1. The van der Waals surface area contributed by atoms with E-state index in [1.807, 2.05) is 35.2 Å². The molecule has 0 unspecified atom stereocenters. The van der Waals surface area contributed by atoms with Crippen molar-refractivity contribution >= 4 is 11.9 Å². The number of benzene rings is 1. The predicted molar refractivity (Wildman–Crippen MR) is 83.4 cm³/mol. The molecule has 0 spiro atoms. The van der Waals surface area contributed by atoms with E-state index in [2.05, 4.69) is 0 Å². The molecule has 1 saturated heterocycles. The lowest BCUT2D eigenvalue weighted by atomic mass is 9.76. The molecule has 3 rings (SSSR count). The molecule has 118 valence electrons. The maximum Gasteiger partial charge on any atom is 0.302 e. The summed E-state index contributed by atoms with van der Waals surface area (Å²) >= 11 is 0. The summed E-state index contributed by atoms with van der Waals surface area (Å²) in [6.07, 6.45) is 5.09. The molecule has 1 amide bonds. The highest BCUT2D eigenvalue weighted by molar-refractivity contribution is 5.94. The Morgan fingerprint density at radius 2 is 1.82 bits per heavy atom. The van der Waals surface area contributed by atoms with Crippen LogP contribution >= 0.6 is 0 Å². The van der Waals surface area contributed by atoms with Gasteiger partial charge in [0.05, 0.1) is 0 Å². The normalized spacial score (nSPS) is 27.9. The molecule has 1 saturated carbocycles. The van der Waals surface area contributed by atoms with Crippen molar-refractivity contribution in [2.24, 2.45) is 5.92 Å². The fraction of sp³-hybridized carbons (Fsp3) is 0.556. The van der Waals surface area contributed by atoms with Crippen molar-refractivity contribution in [3.63, 3.8) is 0 Å². The molecular formula is C18H23NO3. The molecule has 1 aromatic carbocycles. The first kappa shape index (κ1) is 15.1. The third-order valence-corrected chi connectivity index (χ3v) is 4.91. The molecule has 0 bridgehead atoms. The van der Waals surface area contributed by atoms with Crippen molar-refractivity contribution in [2.75, 3.05) is 6.54 Å². The van der Waals surface area contributed by atoms with Crippen molar-refractivity contribution in [2.45, 2.75) is 51.2 Å². The zero-order chi connectivity index (χ0) is 15.5. The van der Waals surface area contributed by atoms with E-state index in [0.717, 1.165) is 37.7 Å². The molecule has 1 aromatic rings. The number of carbonyl (C=O) groups is 2. The Balaban J connectivity index is 1.79. The van der Waals surface area contributed by atoms with Crippen LogP contribution < -0.4 is 0 Å². The Labute approximate surface area is 131 Å². The Kier molecular flexibility index (Phi) is 4.46. The van der Waals surface area contributed by atoms with E-state index in [9.17, 15) is 9.59 Å². The lowest BCUT2D eigenvalue weighted by molar-refractivity contribution is -0.154. The van der Waals surface area contributed by atoms with Crippen LogP contribution in [0.4, 0.5) is 0 Å². The number of fused-ring (bicyclic) bond motifs is 1. The highest BCUT2D eigenvalue weighted by Crippen LogP contribution is 2.37. The van der Waals surface area contributed by atoms with Crippen LogP contribution in [0, 0.1) is 5.92 Å². The van der Waals surface area contributed by atoms with Gasteiger partial charge in [-0.15, -0.1) is 0 Å². The number of nitrogens with zero attached hydrogens (tertiary/aromatic N) is 1. The smallest absolute Gasteiger partial charge is 0.302 e. The number of likely N-dealkylation sites (tertiary alicyclic amines) is 1. The minimum Gasteiger partial charge on any atom is -0.462 e. The van der Waals surface area contributed by atoms with Crippen LogP contribution in [0.5, 0.6) is 0 Å². The van der Waals surface area contributed by atoms with Crippen LogP contribution in [0.15, 0.2) is 30.3 Å². The zero-order valence-corrected chi connectivity index (χ0v) is 13.0. The fourth-order valence-corrected chi connectivity index (χ4v) is 3.97. The van der Waals surface area contributed by atoms with Gasteiger partial charge in [0.15, 0.2) is 0 Å². The Bertz CT molecular complexity index is 543. The van der Waals surface area contributed by atoms with Gasteiger partial charge in [-0.3, -0.25) is 9.59 Å². The number of rotatable bonds is 2. The van der Waals surface area contributed by atoms with Crippen LogP contribution in [0.2, 0.25) is 0 Å². The first-order chi connectivity index (χ1) is 10.7. The third-order valence-electron chi connectivity index (χ3n) is 4.91. The lowest BCUT2D eigenvalue weighted by Gasteiger charge is -2.47. The number of esters is 1. The number of carbonyl (C=O) groups excluding carboxylic acids is 2. The van der Waals surface area contributed by atoms with Crippen molar-refractivity contribution < 1.29 is 14.3 Å². The second-order valence-electron chi connectivity index (χ2n) is 6.32. The van der Waals surface area contributed by atoms with Crippen molar-refractivity contribution in [1.29, 1.82) is 0 Å². The van der Waals surface area contributed by atoms with Gasteiger partial charge >= 0.3 is 5.97 Å². The summed E-state index contributed by atoms with van der Waals surface area (Å²) in [7, 11) is 0. The number of hydrogen-bond acceptors (Lipinski definition) is 3. The van der Waals surface area contributed by atoms with E-state index >= 15 is 0 Å². The average molecular weight is 301 g/mol. The Morgan fingerprint density at radius 1 is 1.09 bits per heavy atom. The SMILES string of the molecule is CC(=O)O[C@@H]1CCN(C(=O)c2ccccc2)[C@H]2CCCC[C@H]12. The van der Waals surface area contributed by atoms with Gasteiger partial charge in [-0.2, -0.15) is 0 Å². The van der Waals surface area contributed by atoms with Gasteiger partial charge in [0.25, 0.3) is 5.91 Å². The maximum atomic E-state index is 12.8. The summed E-state index contributed by atoms with van der Waals surface area (Å²) < 4.78 is 5.52. The molecule has 3 atom stereocenters. The van der Waals surface area contributed by atoms with Gasteiger partial charge in [0, 0.05) is 37.4 Å². The van der Waals surface area contributed by atoms with Gasteiger partial charge in [-0.1, -0.05) is 31.0 Å². The maximum absolute atomic E-state index is 12.8. The Morgan fingerprint density at radius 3 is 2.55 bits per heavy atom. The van der Waals surface area contributed by atoms with Gasteiger partial charge < -0.3 is 9.64 Å². The van der Waals surface area contributed by atoms with Crippen LogP contribution in [0.3, 0.4) is 0 Å². The van der Waals surface area contributed by atoms with E-state index in [0.29, 0.717) is 12.5 Å². The summed E-state index contributed by atoms with van der Waals surface area (Å²) in [6, 6.07) is 9.68. The van der Waals surface area contributed by atoms with Crippen molar-refractivity contribution in [3.8, 4) is 0 Å². The summed E-state index contributed by atoms with van der Waals surface area (Å²) in [5.74, 6) is 0.190. The summed E-state index contributed by atoms with van der Waals surface area (Å²) in [6.45, 7) is 2.15. The monoisotopic (exact) mass is 301 g/mol. The fourth-order valence-electron chi connectivity index (χ4n) is 3.97. The quantitative estimate of drug-likeness (QED) is 0.789. The first-order valence-electron chi connectivity index (χ1n) is 8.20. The van der Waals surface area contributed by atoms with Crippen molar-refractivity contribution in [1.82, 2.24) is 4.90 Å². The third kappa shape index (κ3) is 3.01. The van der Waals surface area contributed by atoms with E-state index in [1.165, 1.54) is 6.92 Å². The highest BCUT2D eigenvalue weighted by atomic mass is 16.5. The van der Waals surface area contributed by atoms with Gasteiger partial charge in [-0.25, -0.2) is 0 Å². The van der Waals surface area contributed by atoms with Gasteiger partial charge in [-0.05, 0) is 25.0 Å². The Hall–Kier alpha value is -1.84. The number of piperidine rings is 1. The highest BCUT2D eigenvalue weighted by Gasteiger charge is 2.42. The minimum atomic E-state index is -0.211. The summed E-state index contributed by atoms with van der Waals surface area (Å²) in [5.41, 5.74) is 0.748. The average Bonchev–Trinajstić information content (AvgIpc) is 2.55. The predicted octanol–water partition coefficient (Wildman–Crippen LogP) is 3.02. The first-order valence-corrected chi connectivity index (χ1v) is 8.20. The van der Waals surface area contributed by atoms with Crippen LogP contribution in [0.25, 0.3) is 0 Å². The molecule has 4 heteroatoms. The second kappa shape index (κ2) is 6.51. The molecule has 1 heterocycles. The lowest BCUT2D eigenvalue weighted by Crippen LogP contribution is -2.55. The minimum absolute atomic E-state index is 0.0253. The number of ether oxygens (including phenoxy) is 1. The topological polar surface area (TPSA) is 46.6 Å². The van der Waals surface area contributed by atoms with Crippen LogP contribution in [-0.4, -0.2) is 35.5 Å². The summed E-state index contributed by atoms with van der Waals surface area (Å²) in [5, 5.41) is 0. The molecule has 1 aliphatic carbocycles.